The average Bonchev–Trinajstić information content (AvgIpc) is 2.68. The van der Waals surface area contributed by atoms with Crippen LogP contribution in [0.1, 0.15) is 22.3 Å². The van der Waals surface area contributed by atoms with Crippen molar-refractivity contribution in [3.63, 3.8) is 0 Å². The maximum Gasteiger partial charge on any atom is 0.248 e. The highest BCUT2D eigenvalue weighted by Gasteiger charge is 2.07. The second-order valence-electron chi connectivity index (χ2n) is 6.06. The van der Waals surface area contributed by atoms with Crippen molar-refractivity contribution in [2.45, 2.75) is 12.8 Å². The number of hydrogen-bond donors (Lipinski definition) is 2. The fourth-order valence-electron chi connectivity index (χ4n) is 2.52. The second kappa shape index (κ2) is 8.77. The molecule has 28 heavy (non-hydrogen) atoms. The van der Waals surface area contributed by atoms with Crippen LogP contribution in [0, 0.1) is 5.82 Å². The Labute approximate surface area is 161 Å². The van der Waals surface area contributed by atoms with E-state index in [9.17, 15) is 14.0 Å². The largest absolute Gasteiger partial charge is 0.439 e. The Balaban J connectivity index is 1.54. The molecule has 3 N–H and O–H groups in total. The number of nitrogens with one attached hydrogen (secondary N) is 1. The van der Waals surface area contributed by atoms with Crippen molar-refractivity contribution in [3.8, 4) is 11.6 Å². The summed E-state index contributed by atoms with van der Waals surface area (Å²) in [7, 11) is 0. The molecule has 2 amide bonds. The van der Waals surface area contributed by atoms with Crippen molar-refractivity contribution in [2.75, 3.05) is 5.32 Å². The molecule has 0 radical (unpaired) electrons. The molecule has 0 atom stereocenters. The number of carbonyl (C=O) groups excluding carboxylic acids is 2. The lowest BCUT2D eigenvalue weighted by atomic mass is 10.1. The van der Waals surface area contributed by atoms with E-state index in [1.165, 1.54) is 24.4 Å². The molecule has 0 fully saturated rings. The van der Waals surface area contributed by atoms with Gasteiger partial charge in [-0.1, -0.05) is 18.2 Å². The van der Waals surface area contributed by atoms with Crippen LogP contribution in [0.5, 0.6) is 11.6 Å². The lowest BCUT2D eigenvalue weighted by Crippen LogP contribution is -2.12. The van der Waals surface area contributed by atoms with Gasteiger partial charge in [0.05, 0.1) is 11.9 Å². The van der Waals surface area contributed by atoms with Crippen molar-refractivity contribution in [2.24, 2.45) is 5.73 Å². The summed E-state index contributed by atoms with van der Waals surface area (Å²) < 4.78 is 18.7. The van der Waals surface area contributed by atoms with Crippen LogP contribution in [-0.2, 0) is 11.2 Å². The molecule has 0 aliphatic carbocycles. The van der Waals surface area contributed by atoms with Gasteiger partial charge in [-0.15, -0.1) is 0 Å². The number of amides is 2. The molecule has 3 aromatic rings. The Bertz CT molecular complexity index is 990. The summed E-state index contributed by atoms with van der Waals surface area (Å²) in [6.07, 6.45) is 2.13. The highest BCUT2D eigenvalue weighted by atomic mass is 19.1. The SMILES string of the molecule is NC(=O)c1cccc(Oc2ccc(NC(=O)CCc3cccc(F)c3)cn2)c1. The van der Waals surface area contributed by atoms with Crippen molar-refractivity contribution in [1.82, 2.24) is 4.98 Å². The molecule has 6 nitrogen and oxygen atoms in total. The van der Waals surface area contributed by atoms with Crippen molar-refractivity contribution >= 4 is 17.5 Å². The molecule has 0 saturated heterocycles. The van der Waals surface area contributed by atoms with Gasteiger partial charge in [-0.05, 0) is 48.4 Å². The third-order valence-electron chi connectivity index (χ3n) is 3.89. The number of aryl methyl sites for hydroxylation is 1. The molecule has 3 rings (SSSR count). The minimum Gasteiger partial charge on any atom is -0.439 e. The fraction of sp³-hybridized carbons (Fsp3) is 0.0952. The number of benzene rings is 2. The molecule has 7 heteroatoms. The molecule has 0 aliphatic heterocycles. The number of ether oxygens (including phenoxy) is 1. The van der Waals surface area contributed by atoms with Crippen LogP contribution in [0.15, 0.2) is 66.9 Å². The summed E-state index contributed by atoms with van der Waals surface area (Å²) in [6.45, 7) is 0. The minimum atomic E-state index is -0.547. The van der Waals surface area contributed by atoms with E-state index in [0.29, 0.717) is 29.3 Å². The number of nitrogens with zero attached hydrogens (tertiary/aromatic N) is 1. The van der Waals surface area contributed by atoms with Gasteiger partial charge < -0.3 is 15.8 Å². The molecule has 0 spiro atoms. The van der Waals surface area contributed by atoms with Gasteiger partial charge in [0.25, 0.3) is 0 Å². The number of halogens is 1. The zero-order valence-electron chi connectivity index (χ0n) is 14.9. The molecule has 0 bridgehead atoms. The van der Waals surface area contributed by atoms with E-state index >= 15 is 0 Å². The van der Waals surface area contributed by atoms with Crippen LogP contribution in [0.3, 0.4) is 0 Å². The summed E-state index contributed by atoms with van der Waals surface area (Å²) in [5.41, 5.74) is 6.85. The normalized spacial score (nSPS) is 10.3. The van der Waals surface area contributed by atoms with Gasteiger partial charge in [-0.2, -0.15) is 0 Å². The van der Waals surface area contributed by atoms with E-state index in [4.69, 9.17) is 10.5 Å². The molecule has 1 aromatic heterocycles. The summed E-state index contributed by atoms with van der Waals surface area (Å²) in [6, 6.07) is 15.9. The van der Waals surface area contributed by atoms with Gasteiger partial charge in [0.15, 0.2) is 0 Å². The maximum atomic E-state index is 13.2. The zero-order valence-corrected chi connectivity index (χ0v) is 14.9. The van der Waals surface area contributed by atoms with E-state index < -0.39 is 5.91 Å². The summed E-state index contributed by atoms with van der Waals surface area (Å²) in [5, 5.41) is 2.73. The summed E-state index contributed by atoms with van der Waals surface area (Å²) in [5.74, 6) is -0.335. The molecule has 1 heterocycles. The number of nitrogens with two attached hydrogens (primary N) is 1. The maximum absolute atomic E-state index is 13.2. The topological polar surface area (TPSA) is 94.3 Å². The molecular weight excluding hydrogens is 361 g/mol. The van der Waals surface area contributed by atoms with Crippen LogP contribution in [0.2, 0.25) is 0 Å². The van der Waals surface area contributed by atoms with Gasteiger partial charge in [-0.25, -0.2) is 9.37 Å². The minimum absolute atomic E-state index is 0.200. The molecule has 0 aliphatic rings. The van der Waals surface area contributed by atoms with Crippen molar-refractivity contribution in [3.05, 3.63) is 83.8 Å². The highest BCUT2D eigenvalue weighted by Crippen LogP contribution is 2.21. The van der Waals surface area contributed by atoms with E-state index in [-0.39, 0.29) is 18.1 Å². The van der Waals surface area contributed by atoms with Crippen molar-refractivity contribution < 1.29 is 18.7 Å². The molecule has 142 valence electrons. The highest BCUT2D eigenvalue weighted by molar-refractivity contribution is 5.93. The molecule has 0 unspecified atom stereocenters. The quantitative estimate of drug-likeness (QED) is 0.655. The van der Waals surface area contributed by atoms with E-state index in [1.807, 2.05) is 0 Å². The molecule has 0 saturated carbocycles. The van der Waals surface area contributed by atoms with E-state index in [0.717, 1.165) is 5.56 Å². The number of hydrogen-bond acceptors (Lipinski definition) is 4. The average molecular weight is 379 g/mol. The Morgan fingerprint density at radius 2 is 1.89 bits per heavy atom. The number of aromatic nitrogens is 1. The number of pyridine rings is 1. The lowest BCUT2D eigenvalue weighted by Gasteiger charge is -2.08. The predicted octanol–water partition coefficient (Wildman–Crippen LogP) is 3.68. The van der Waals surface area contributed by atoms with Gasteiger partial charge >= 0.3 is 0 Å². The number of anilines is 1. The first-order valence-corrected chi connectivity index (χ1v) is 8.58. The van der Waals surface area contributed by atoms with Crippen LogP contribution in [0.25, 0.3) is 0 Å². The van der Waals surface area contributed by atoms with Crippen molar-refractivity contribution in [1.29, 1.82) is 0 Å². The standard InChI is InChI=1S/C21H18FN3O3/c22-16-5-1-3-14(11-16)7-9-19(26)25-17-8-10-20(24-13-17)28-18-6-2-4-15(12-18)21(23)27/h1-6,8,10-13H,7,9H2,(H2,23,27)(H,25,26). The second-order valence-corrected chi connectivity index (χ2v) is 6.06. The summed E-state index contributed by atoms with van der Waals surface area (Å²) in [4.78, 5) is 27.4. The number of carbonyl (C=O) groups is 2. The first-order chi connectivity index (χ1) is 13.5. The Hall–Kier alpha value is -3.74. The number of rotatable bonds is 7. The Morgan fingerprint density at radius 1 is 1.07 bits per heavy atom. The Morgan fingerprint density at radius 3 is 2.61 bits per heavy atom. The molecule has 2 aromatic carbocycles. The fourth-order valence-corrected chi connectivity index (χ4v) is 2.52. The van der Waals surface area contributed by atoms with Gasteiger partial charge in [-0.3, -0.25) is 9.59 Å². The lowest BCUT2D eigenvalue weighted by molar-refractivity contribution is -0.116. The smallest absolute Gasteiger partial charge is 0.248 e. The third-order valence-corrected chi connectivity index (χ3v) is 3.89. The first kappa shape index (κ1) is 19.0. The zero-order chi connectivity index (χ0) is 19.9. The van der Waals surface area contributed by atoms with Crippen LogP contribution >= 0.6 is 0 Å². The summed E-state index contributed by atoms with van der Waals surface area (Å²) >= 11 is 0. The first-order valence-electron chi connectivity index (χ1n) is 8.58. The third kappa shape index (κ3) is 5.38. The predicted molar refractivity (Wildman–Crippen MR) is 103 cm³/mol. The van der Waals surface area contributed by atoms with Crippen LogP contribution in [-0.4, -0.2) is 16.8 Å². The van der Waals surface area contributed by atoms with Gasteiger partial charge in [0, 0.05) is 18.1 Å². The van der Waals surface area contributed by atoms with Gasteiger partial charge in [0.1, 0.15) is 11.6 Å². The Kier molecular flexibility index (Phi) is 5.96. The number of primary amides is 1. The van der Waals surface area contributed by atoms with Crippen LogP contribution in [0.4, 0.5) is 10.1 Å². The molecular formula is C21H18FN3O3. The van der Waals surface area contributed by atoms with E-state index in [1.54, 1.807) is 42.5 Å². The van der Waals surface area contributed by atoms with Gasteiger partial charge in [0.2, 0.25) is 17.7 Å². The van der Waals surface area contributed by atoms with E-state index in [2.05, 4.69) is 10.3 Å². The monoisotopic (exact) mass is 379 g/mol. The van der Waals surface area contributed by atoms with Crippen LogP contribution < -0.4 is 15.8 Å².